The molecule has 3 atom stereocenters. The van der Waals surface area contributed by atoms with Crippen LogP contribution in [-0.4, -0.2) is 73.4 Å². The second-order valence-electron chi connectivity index (χ2n) is 17.5. The summed E-state index contributed by atoms with van der Waals surface area (Å²) in [4.78, 5) is 23.1. The zero-order valence-corrected chi connectivity index (χ0v) is 38.5. The molecule has 0 aromatic carbocycles. The Kier molecular flexibility index (Phi) is 38.7. The molecule has 0 aliphatic heterocycles. The summed E-state index contributed by atoms with van der Waals surface area (Å²) >= 11 is 0. The zero-order valence-electron chi connectivity index (χ0n) is 37.6. The van der Waals surface area contributed by atoms with Crippen LogP contribution in [0.25, 0.3) is 0 Å². The van der Waals surface area contributed by atoms with Crippen LogP contribution in [0.1, 0.15) is 219 Å². The van der Waals surface area contributed by atoms with Crippen molar-refractivity contribution in [1.29, 1.82) is 0 Å². The Morgan fingerprint density at radius 1 is 0.589 bits per heavy atom. The van der Waals surface area contributed by atoms with E-state index in [-0.39, 0.29) is 19.1 Å². The van der Waals surface area contributed by atoms with Crippen LogP contribution in [0.4, 0.5) is 0 Å². The molecule has 0 aliphatic rings. The lowest BCUT2D eigenvalue weighted by atomic mass is 10.0. The highest BCUT2D eigenvalue weighted by Crippen LogP contribution is 2.43. The van der Waals surface area contributed by atoms with Crippen molar-refractivity contribution >= 4 is 13.7 Å². The van der Waals surface area contributed by atoms with Gasteiger partial charge in [-0.15, -0.1) is 0 Å². The monoisotopic (exact) mass is 814 g/mol. The van der Waals surface area contributed by atoms with Gasteiger partial charge in [0.2, 0.25) is 5.91 Å². The minimum absolute atomic E-state index is 0.0582. The fourth-order valence-electron chi connectivity index (χ4n) is 6.88. The minimum atomic E-state index is -4.34. The van der Waals surface area contributed by atoms with Crippen molar-refractivity contribution in [1.82, 2.24) is 5.32 Å². The maximum Gasteiger partial charge on any atom is 0.472 e. The van der Waals surface area contributed by atoms with Gasteiger partial charge in [-0.05, 0) is 32.1 Å². The number of likely N-dealkylation sites (N-methyl/N-ethyl adjacent to an activating group) is 1. The van der Waals surface area contributed by atoms with Gasteiger partial charge in [0.15, 0.2) is 0 Å². The maximum absolute atomic E-state index is 12.9. The van der Waals surface area contributed by atoms with Crippen LogP contribution < -0.4 is 5.32 Å². The molecule has 0 spiro atoms. The van der Waals surface area contributed by atoms with Crippen molar-refractivity contribution in [2.24, 2.45) is 0 Å². The van der Waals surface area contributed by atoms with E-state index in [1.807, 2.05) is 27.2 Å². The van der Waals surface area contributed by atoms with Crippen LogP contribution in [0.3, 0.4) is 0 Å². The lowest BCUT2D eigenvalue weighted by Gasteiger charge is -2.25. The second-order valence-corrected chi connectivity index (χ2v) is 18.9. The smallest absolute Gasteiger partial charge is 0.387 e. The minimum Gasteiger partial charge on any atom is -0.387 e. The van der Waals surface area contributed by atoms with Crippen molar-refractivity contribution in [3.8, 4) is 0 Å². The number of nitrogens with one attached hydrogen (secondary N) is 1. The number of aliphatic hydroxyl groups is 1. The first-order valence-electron chi connectivity index (χ1n) is 23.7. The summed E-state index contributed by atoms with van der Waals surface area (Å²) in [6.07, 6.45) is 46.9. The molecule has 0 saturated carbocycles. The predicted molar refractivity (Wildman–Crippen MR) is 240 cm³/mol. The molecule has 0 fully saturated rings. The molecule has 8 nitrogen and oxygen atoms in total. The van der Waals surface area contributed by atoms with Gasteiger partial charge in [0.05, 0.1) is 39.9 Å². The molecule has 0 aromatic heterocycles. The van der Waals surface area contributed by atoms with Crippen LogP contribution in [0.15, 0.2) is 24.3 Å². The van der Waals surface area contributed by atoms with Gasteiger partial charge in [0.25, 0.3) is 0 Å². The first kappa shape index (κ1) is 55.0. The molecule has 332 valence electrons. The topological polar surface area (TPSA) is 105 Å². The Morgan fingerprint density at radius 2 is 0.982 bits per heavy atom. The number of carbonyl (C=O) groups is 1. The standard InChI is InChI=1S/C47H93N2O6P/c1-6-8-10-12-14-16-18-20-21-22-23-24-25-26-27-28-29-31-33-35-37-39-41-47(51)48-45(44-55-56(52,53)54-43-42-49(3,4)5)46(50)40-38-36-34-32-30-19-17-15-13-11-9-7-2/h30,32,38,40,45-46,50H,6-29,31,33-37,39,41-44H2,1-5H3,(H-,48,51,52,53)/p+1/b32-30+,40-38+/t45-,46+/m0/s1. The van der Waals surface area contributed by atoms with Gasteiger partial charge in [0, 0.05) is 6.42 Å². The number of carbonyl (C=O) groups excluding carboxylic acids is 1. The van der Waals surface area contributed by atoms with E-state index in [1.165, 1.54) is 161 Å². The predicted octanol–water partition coefficient (Wildman–Crippen LogP) is 13.3. The van der Waals surface area contributed by atoms with E-state index in [2.05, 4.69) is 31.3 Å². The average Bonchev–Trinajstić information content (AvgIpc) is 3.15. The molecule has 0 aliphatic carbocycles. The molecular weight excluding hydrogens is 719 g/mol. The first-order chi connectivity index (χ1) is 27.0. The number of aliphatic hydroxyl groups excluding tert-OH is 1. The largest absolute Gasteiger partial charge is 0.472 e. The van der Waals surface area contributed by atoms with Crippen LogP contribution in [-0.2, 0) is 18.4 Å². The number of phosphoric acid groups is 1. The highest BCUT2D eigenvalue weighted by molar-refractivity contribution is 7.47. The van der Waals surface area contributed by atoms with Crippen molar-refractivity contribution < 1.29 is 32.9 Å². The van der Waals surface area contributed by atoms with Gasteiger partial charge >= 0.3 is 7.82 Å². The number of hydrogen-bond acceptors (Lipinski definition) is 5. The number of quaternary nitrogens is 1. The lowest BCUT2D eigenvalue weighted by Crippen LogP contribution is -2.45. The molecule has 0 bridgehead atoms. The quantitative estimate of drug-likeness (QED) is 0.0245. The van der Waals surface area contributed by atoms with E-state index in [0.29, 0.717) is 17.4 Å². The highest BCUT2D eigenvalue weighted by Gasteiger charge is 2.27. The second kappa shape index (κ2) is 39.4. The van der Waals surface area contributed by atoms with E-state index < -0.39 is 20.0 Å². The molecular formula is C47H94N2O6P+. The highest BCUT2D eigenvalue weighted by atomic mass is 31.2. The summed E-state index contributed by atoms with van der Waals surface area (Å²) in [5, 5.41) is 13.8. The fraction of sp³-hybridized carbons (Fsp3) is 0.894. The Morgan fingerprint density at radius 3 is 1.43 bits per heavy atom. The zero-order chi connectivity index (χ0) is 41.4. The van der Waals surface area contributed by atoms with Gasteiger partial charge < -0.3 is 19.8 Å². The third kappa shape index (κ3) is 41.2. The molecule has 3 N–H and O–H groups in total. The Labute approximate surface area is 347 Å². The molecule has 1 amide bonds. The summed E-state index contributed by atoms with van der Waals surface area (Å²) < 4.78 is 23.5. The number of allylic oxidation sites excluding steroid dienone is 3. The molecule has 0 rings (SSSR count). The Balaban J connectivity index is 4.26. The number of unbranched alkanes of at least 4 members (excludes halogenated alkanes) is 28. The molecule has 0 radical (unpaired) electrons. The van der Waals surface area contributed by atoms with Crippen LogP contribution in [0, 0.1) is 0 Å². The van der Waals surface area contributed by atoms with E-state index in [4.69, 9.17) is 9.05 Å². The van der Waals surface area contributed by atoms with E-state index in [1.54, 1.807) is 6.08 Å². The van der Waals surface area contributed by atoms with Crippen LogP contribution in [0.2, 0.25) is 0 Å². The van der Waals surface area contributed by atoms with Crippen molar-refractivity contribution in [3.63, 3.8) is 0 Å². The van der Waals surface area contributed by atoms with E-state index >= 15 is 0 Å². The van der Waals surface area contributed by atoms with Gasteiger partial charge in [-0.3, -0.25) is 13.8 Å². The average molecular weight is 814 g/mol. The fourth-order valence-corrected chi connectivity index (χ4v) is 7.62. The Hall–Kier alpha value is -1.02. The maximum atomic E-state index is 12.9. The number of nitrogens with zero attached hydrogens (tertiary/aromatic N) is 1. The number of hydrogen-bond donors (Lipinski definition) is 3. The molecule has 9 heteroatoms. The van der Waals surface area contributed by atoms with Crippen LogP contribution in [0.5, 0.6) is 0 Å². The SMILES string of the molecule is CCCCCCCC/C=C/CC/C=C/[C@@H](O)[C@H](COP(=O)(O)OCC[N+](C)(C)C)NC(=O)CCCCCCCCCCCCCCCCCCCCCCCC. The lowest BCUT2D eigenvalue weighted by molar-refractivity contribution is -0.870. The molecule has 0 aromatic rings. The number of phosphoric ester groups is 1. The van der Waals surface area contributed by atoms with Gasteiger partial charge in [-0.25, -0.2) is 4.57 Å². The third-order valence-electron chi connectivity index (χ3n) is 10.7. The molecule has 56 heavy (non-hydrogen) atoms. The van der Waals surface area contributed by atoms with Gasteiger partial charge in [-0.2, -0.15) is 0 Å². The third-order valence-corrected chi connectivity index (χ3v) is 11.7. The van der Waals surface area contributed by atoms with E-state index in [0.717, 1.165) is 38.5 Å². The van der Waals surface area contributed by atoms with Crippen LogP contribution >= 0.6 is 7.82 Å². The van der Waals surface area contributed by atoms with Crippen molar-refractivity contribution in [2.45, 2.75) is 231 Å². The van der Waals surface area contributed by atoms with E-state index in [9.17, 15) is 19.4 Å². The van der Waals surface area contributed by atoms with Crippen molar-refractivity contribution in [3.05, 3.63) is 24.3 Å². The molecule has 1 unspecified atom stereocenters. The first-order valence-corrected chi connectivity index (χ1v) is 25.2. The summed E-state index contributed by atoms with van der Waals surface area (Å²) in [5.41, 5.74) is 0. The molecule has 0 saturated heterocycles. The normalized spacial score (nSPS) is 14.5. The summed E-state index contributed by atoms with van der Waals surface area (Å²) in [6, 6.07) is -0.857. The summed E-state index contributed by atoms with van der Waals surface area (Å²) in [5.74, 6) is -0.185. The van der Waals surface area contributed by atoms with Gasteiger partial charge in [0.1, 0.15) is 13.2 Å². The molecule has 0 heterocycles. The number of amides is 1. The number of rotatable bonds is 43. The van der Waals surface area contributed by atoms with Gasteiger partial charge in [-0.1, -0.05) is 205 Å². The summed E-state index contributed by atoms with van der Waals surface area (Å²) in [7, 11) is 1.56. The van der Waals surface area contributed by atoms with Crippen molar-refractivity contribution in [2.75, 3.05) is 40.9 Å². The summed E-state index contributed by atoms with van der Waals surface area (Å²) in [6.45, 7) is 4.79. The Bertz CT molecular complexity index is 969.